The van der Waals surface area contributed by atoms with E-state index in [0.717, 1.165) is 0 Å². The van der Waals surface area contributed by atoms with Gasteiger partial charge in [0.1, 0.15) is 12.4 Å². The number of hydrogen-bond acceptors (Lipinski definition) is 4. The maximum Gasteiger partial charge on any atom is 0.166 e. The molecule has 4 nitrogen and oxygen atoms in total. The van der Waals surface area contributed by atoms with E-state index in [2.05, 4.69) is 0 Å². The van der Waals surface area contributed by atoms with E-state index in [1.807, 2.05) is 0 Å². The zero-order chi connectivity index (χ0) is 15.2. The van der Waals surface area contributed by atoms with Crippen LogP contribution in [0.25, 0.3) is 0 Å². The van der Waals surface area contributed by atoms with E-state index in [1.165, 1.54) is 19.2 Å². The van der Waals surface area contributed by atoms with E-state index < -0.39 is 6.04 Å². The Hall–Kier alpha value is -2.11. The number of benzene rings is 2. The molecule has 0 aliphatic rings. The van der Waals surface area contributed by atoms with E-state index in [-0.39, 0.29) is 19.0 Å². The molecular weight excluding hydrogens is 273 g/mol. The van der Waals surface area contributed by atoms with Gasteiger partial charge in [0.25, 0.3) is 0 Å². The molecule has 0 amide bonds. The first-order valence-electron chi connectivity index (χ1n) is 6.56. The third kappa shape index (κ3) is 3.71. The fourth-order valence-corrected chi connectivity index (χ4v) is 2.02. The number of halogens is 1. The van der Waals surface area contributed by atoms with Gasteiger partial charge >= 0.3 is 0 Å². The third-order valence-electron chi connectivity index (χ3n) is 3.10. The molecule has 2 rings (SSSR count). The Morgan fingerprint density at radius 3 is 2.67 bits per heavy atom. The lowest BCUT2D eigenvalue weighted by Crippen LogP contribution is -2.16. The van der Waals surface area contributed by atoms with Gasteiger partial charge in [-0.25, -0.2) is 4.39 Å². The molecule has 112 valence electrons. The van der Waals surface area contributed by atoms with Crippen LogP contribution in [0.4, 0.5) is 4.39 Å². The Labute approximate surface area is 122 Å². The zero-order valence-electron chi connectivity index (χ0n) is 11.8. The number of para-hydroxylation sites is 1. The van der Waals surface area contributed by atoms with Crippen LogP contribution < -0.4 is 15.2 Å². The van der Waals surface area contributed by atoms with Crippen molar-refractivity contribution in [2.75, 3.05) is 13.7 Å². The van der Waals surface area contributed by atoms with Gasteiger partial charge in [-0.1, -0.05) is 24.3 Å². The van der Waals surface area contributed by atoms with Crippen molar-refractivity contribution in [3.05, 3.63) is 59.4 Å². The number of aliphatic hydroxyl groups excluding tert-OH is 1. The third-order valence-corrected chi connectivity index (χ3v) is 3.10. The average molecular weight is 291 g/mol. The minimum Gasteiger partial charge on any atom is -0.493 e. The second kappa shape index (κ2) is 7.06. The Bertz CT molecular complexity index is 604. The van der Waals surface area contributed by atoms with Crippen LogP contribution in [0.3, 0.4) is 0 Å². The van der Waals surface area contributed by atoms with E-state index in [9.17, 15) is 9.50 Å². The Morgan fingerprint density at radius 2 is 2.00 bits per heavy atom. The highest BCUT2D eigenvalue weighted by atomic mass is 19.1. The molecule has 2 aromatic rings. The van der Waals surface area contributed by atoms with Crippen LogP contribution in [0, 0.1) is 5.82 Å². The van der Waals surface area contributed by atoms with Crippen LogP contribution in [-0.2, 0) is 6.61 Å². The molecule has 0 unspecified atom stereocenters. The molecule has 0 radical (unpaired) electrons. The number of ether oxygens (including phenoxy) is 2. The van der Waals surface area contributed by atoms with Crippen LogP contribution in [0.15, 0.2) is 42.5 Å². The Kier molecular flexibility index (Phi) is 5.14. The van der Waals surface area contributed by atoms with Gasteiger partial charge in [-0.05, 0) is 23.8 Å². The van der Waals surface area contributed by atoms with E-state index in [4.69, 9.17) is 15.2 Å². The molecule has 0 spiro atoms. The van der Waals surface area contributed by atoms with Crippen LogP contribution in [-0.4, -0.2) is 18.8 Å². The summed E-state index contributed by atoms with van der Waals surface area (Å²) in [6, 6.07) is 10.9. The summed E-state index contributed by atoms with van der Waals surface area (Å²) in [6.45, 7) is -0.0211. The summed E-state index contributed by atoms with van der Waals surface area (Å²) in [5, 5.41) is 9.23. The van der Waals surface area contributed by atoms with Gasteiger partial charge in [-0.2, -0.15) is 0 Å². The summed E-state index contributed by atoms with van der Waals surface area (Å²) in [6.07, 6.45) is 0. The van der Waals surface area contributed by atoms with Crippen molar-refractivity contribution >= 4 is 0 Å². The van der Waals surface area contributed by atoms with Gasteiger partial charge in [0, 0.05) is 5.56 Å². The van der Waals surface area contributed by atoms with Crippen LogP contribution in [0.1, 0.15) is 17.2 Å². The predicted octanol–water partition coefficient (Wildman–Crippen LogP) is 2.41. The minimum atomic E-state index is -0.567. The normalized spacial score (nSPS) is 12.0. The molecule has 0 aromatic heterocycles. The average Bonchev–Trinajstić information content (AvgIpc) is 2.51. The summed E-state index contributed by atoms with van der Waals surface area (Å²) in [7, 11) is 1.53. The molecular formula is C16H18FNO3. The lowest BCUT2D eigenvalue weighted by molar-refractivity contribution is 0.252. The SMILES string of the molecule is COc1cccc([C@@H](N)CO)c1OCc1cccc(F)c1. The number of nitrogens with two attached hydrogens (primary N) is 1. The fourth-order valence-electron chi connectivity index (χ4n) is 2.02. The number of aliphatic hydroxyl groups is 1. The fraction of sp³-hybridized carbons (Fsp3) is 0.250. The van der Waals surface area contributed by atoms with Crippen molar-refractivity contribution in [1.82, 2.24) is 0 Å². The molecule has 3 N–H and O–H groups in total. The first kappa shape index (κ1) is 15.3. The van der Waals surface area contributed by atoms with E-state index in [0.29, 0.717) is 22.6 Å². The Balaban J connectivity index is 2.25. The number of hydrogen-bond donors (Lipinski definition) is 2. The van der Waals surface area contributed by atoms with E-state index >= 15 is 0 Å². The van der Waals surface area contributed by atoms with Gasteiger partial charge < -0.3 is 20.3 Å². The number of methoxy groups -OCH3 is 1. The topological polar surface area (TPSA) is 64.7 Å². The van der Waals surface area contributed by atoms with Crippen molar-refractivity contribution in [1.29, 1.82) is 0 Å². The molecule has 0 bridgehead atoms. The van der Waals surface area contributed by atoms with Crippen LogP contribution in [0.5, 0.6) is 11.5 Å². The van der Waals surface area contributed by atoms with Crippen LogP contribution in [0.2, 0.25) is 0 Å². The van der Waals surface area contributed by atoms with Crippen molar-refractivity contribution < 1.29 is 19.0 Å². The molecule has 0 fully saturated rings. The minimum absolute atomic E-state index is 0.184. The highest BCUT2D eigenvalue weighted by Gasteiger charge is 2.16. The number of rotatable bonds is 6. The quantitative estimate of drug-likeness (QED) is 0.858. The predicted molar refractivity (Wildman–Crippen MR) is 77.7 cm³/mol. The largest absolute Gasteiger partial charge is 0.493 e. The molecule has 21 heavy (non-hydrogen) atoms. The second-order valence-corrected chi connectivity index (χ2v) is 4.59. The highest BCUT2D eigenvalue weighted by molar-refractivity contribution is 5.48. The molecule has 0 aliphatic heterocycles. The highest BCUT2D eigenvalue weighted by Crippen LogP contribution is 2.34. The maximum absolute atomic E-state index is 13.2. The van der Waals surface area contributed by atoms with Crippen molar-refractivity contribution in [3.8, 4) is 11.5 Å². The molecule has 5 heteroatoms. The summed E-state index contributed by atoms with van der Waals surface area (Å²) in [5.74, 6) is 0.669. The van der Waals surface area contributed by atoms with Gasteiger partial charge in [0.15, 0.2) is 11.5 Å². The molecule has 0 heterocycles. The standard InChI is InChI=1S/C16H18FNO3/c1-20-15-7-3-6-13(14(18)9-19)16(15)21-10-11-4-2-5-12(17)8-11/h2-8,14,19H,9-10,18H2,1H3/t14-/m0/s1. The van der Waals surface area contributed by atoms with Crippen molar-refractivity contribution in [3.63, 3.8) is 0 Å². The monoisotopic (exact) mass is 291 g/mol. The Morgan fingerprint density at radius 1 is 1.24 bits per heavy atom. The van der Waals surface area contributed by atoms with E-state index in [1.54, 1.807) is 30.3 Å². The molecule has 1 atom stereocenters. The van der Waals surface area contributed by atoms with Crippen LogP contribution >= 0.6 is 0 Å². The summed E-state index contributed by atoms with van der Waals surface area (Å²) < 4.78 is 24.2. The van der Waals surface area contributed by atoms with Gasteiger partial charge in [0.05, 0.1) is 19.8 Å². The summed E-state index contributed by atoms with van der Waals surface area (Å²) in [4.78, 5) is 0. The molecule has 2 aromatic carbocycles. The van der Waals surface area contributed by atoms with Crippen molar-refractivity contribution in [2.24, 2.45) is 5.73 Å². The van der Waals surface area contributed by atoms with Gasteiger partial charge in [0.2, 0.25) is 0 Å². The first-order chi connectivity index (χ1) is 10.2. The zero-order valence-corrected chi connectivity index (χ0v) is 11.8. The lowest BCUT2D eigenvalue weighted by Gasteiger charge is -2.18. The maximum atomic E-state index is 13.2. The summed E-state index contributed by atoms with van der Waals surface area (Å²) >= 11 is 0. The van der Waals surface area contributed by atoms with Gasteiger partial charge in [-0.3, -0.25) is 0 Å². The second-order valence-electron chi connectivity index (χ2n) is 4.59. The summed E-state index contributed by atoms with van der Waals surface area (Å²) in [5.41, 5.74) is 7.21. The van der Waals surface area contributed by atoms with Gasteiger partial charge in [-0.15, -0.1) is 0 Å². The molecule has 0 saturated carbocycles. The lowest BCUT2D eigenvalue weighted by atomic mass is 10.1. The van der Waals surface area contributed by atoms with Crippen molar-refractivity contribution in [2.45, 2.75) is 12.6 Å². The smallest absolute Gasteiger partial charge is 0.166 e. The molecule has 0 saturated heterocycles. The first-order valence-corrected chi connectivity index (χ1v) is 6.56. The molecule has 0 aliphatic carbocycles.